The molecule has 0 aliphatic carbocycles. The first-order valence-electron chi connectivity index (χ1n) is 6.77. The summed E-state index contributed by atoms with van der Waals surface area (Å²) in [7, 11) is -4.13. The Morgan fingerprint density at radius 1 is 1.48 bits per heavy atom. The minimum atomic E-state index is -4.13. The molecule has 23 heavy (non-hydrogen) atoms. The molecule has 1 aromatic rings. The average molecular weight is 350 g/mol. The number of nitro groups is 1. The highest BCUT2D eigenvalue weighted by Crippen LogP contribution is 2.33. The van der Waals surface area contributed by atoms with Gasteiger partial charge in [-0.1, -0.05) is 0 Å². The van der Waals surface area contributed by atoms with Crippen LogP contribution in [0.4, 0.5) is 20.2 Å². The van der Waals surface area contributed by atoms with Crippen molar-refractivity contribution >= 4 is 21.4 Å². The predicted molar refractivity (Wildman–Crippen MR) is 79.1 cm³/mol. The molecular formula is C12H16F2N4O4S. The van der Waals surface area contributed by atoms with Gasteiger partial charge in [0.05, 0.1) is 16.4 Å². The highest BCUT2D eigenvalue weighted by atomic mass is 32.2. The number of halogens is 2. The topological polar surface area (TPSA) is 119 Å². The van der Waals surface area contributed by atoms with Crippen molar-refractivity contribution in [3.05, 3.63) is 28.3 Å². The molecule has 8 nitrogen and oxygen atoms in total. The molecule has 1 saturated heterocycles. The zero-order valence-corrected chi connectivity index (χ0v) is 12.8. The van der Waals surface area contributed by atoms with Gasteiger partial charge in [-0.05, 0) is 25.1 Å². The van der Waals surface area contributed by atoms with Crippen molar-refractivity contribution in [2.45, 2.75) is 23.8 Å². The lowest BCUT2D eigenvalue weighted by Gasteiger charge is -2.30. The smallest absolute Gasteiger partial charge is 0.293 e. The Morgan fingerprint density at radius 2 is 2.17 bits per heavy atom. The number of hydrogen-bond acceptors (Lipinski definition) is 6. The average Bonchev–Trinajstić information content (AvgIpc) is 2.96. The van der Waals surface area contributed by atoms with Crippen LogP contribution >= 0.6 is 0 Å². The van der Waals surface area contributed by atoms with Crippen LogP contribution in [0, 0.1) is 10.1 Å². The van der Waals surface area contributed by atoms with E-state index in [9.17, 15) is 27.3 Å². The number of alkyl halides is 2. The number of benzene rings is 1. The molecule has 0 saturated carbocycles. The van der Waals surface area contributed by atoms with Gasteiger partial charge in [0.1, 0.15) is 5.69 Å². The van der Waals surface area contributed by atoms with Gasteiger partial charge >= 0.3 is 0 Å². The maximum atomic E-state index is 12.9. The molecule has 0 radical (unpaired) electrons. The number of nitrogens with one attached hydrogen (secondary N) is 1. The second-order valence-corrected chi connectivity index (χ2v) is 6.70. The summed E-state index contributed by atoms with van der Waals surface area (Å²) < 4.78 is 48.4. The Labute approximate surface area is 131 Å². The third-order valence-electron chi connectivity index (χ3n) is 3.59. The van der Waals surface area contributed by atoms with Crippen LogP contribution in [-0.2, 0) is 10.0 Å². The first kappa shape index (κ1) is 17.5. The second-order valence-electron chi connectivity index (χ2n) is 5.14. The number of nitrogens with zero attached hydrogens (tertiary/aromatic N) is 2. The molecule has 0 amide bonds. The fourth-order valence-electron chi connectivity index (χ4n) is 2.57. The second kappa shape index (κ2) is 6.72. The fraction of sp³-hybridized carbons (Fsp3) is 0.500. The van der Waals surface area contributed by atoms with E-state index in [1.807, 2.05) is 0 Å². The van der Waals surface area contributed by atoms with Crippen LogP contribution in [0.15, 0.2) is 23.1 Å². The summed E-state index contributed by atoms with van der Waals surface area (Å²) >= 11 is 0. The zero-order chi connectivity index (χ0) is 17.2. The number of rotatable bonds is 6. The van der Waals surface area contributed by atoms with Crippen LogP contribution in [0.3, 0.4) is 0 Å². The molecule has 0 aromatic heterocycles. The van der Waals surface area contributed by atoms with Crippen molar-refractivity contribution in [1.82, 2.24) is 5.32 Å². The van der Waals surface area contributed by atoms with E-state index in [-0.39, 0.29) is 11.7 Å². The molecule has 1 fully saturated rings. The van der Waals surface area contributed by atoms with Gasteiger partial charge in [0.2, 0.25) is 10.0 Å². The quantitative estimate of drug-likeness (QED) is 0.575. The van der Waals surface area contributed by atoms with Crippen LogP contribution in [0.25, 0.3) is 0 Å². The molecule has 1 aliphatic heterocycles. The van der Waals surface area contributed by atoms with Gasteiger partial charge in [-0.15, -0.1) is 0 Å². The highest BCUT2D eigenvalue weighted by molar-refractivity contribution is 7.89. The van der Waals surface area contributed by atoms with E-state index in [4.69, 9.17) is 5.14 Å². The minimum absolute atomic E-state index is 0.0450. The zero-order valence-electron chi connectivity index (χ0n) is 12.0. The van der Waals surface area contributed by atoms with Crippen LogP contribution in [-0.4, -0.2) is 45.4 Å². The Bertz CT molecular complexity index is 692. The van der Waals surface area contributed by atoms with Crippen molar-refractivity contribution in [1.29, 1.82) is 0 Å². The number of anilines is 1. The standard InChI is InChI=1S/C12H16F2N4O4S/c13-12(14)7-17(8-3-4-16-6-8)10-2-1-9(23(15,21)22)5-11(10)18(19)20/h1-2,5,8,12,16H,3-4,6-7H2,(H2,15,21,22)/t8-/m1/s1. The van der Waals surface area contributed by atoms with Gasteiger partial charge in [0.15, 0.2) is 0 Å². The van der Waals surface area contributed by atoms with Crippen molar-refractivity contribution in [2.75, 3.05) is 24.5 Å². The Hall–Kier alpha value is -1.85. The predicted octanol–water partition coefficient (Wildman–Crippen LogP) is 0.676. The van der Waals surface area contributed by atoms with E-state index < -0.39 is 38.5 Å². The summed E-state index contributed by atoms with van der Waals surface area (Å²) in [5.74, 6) is 0. The first-order chi connectivity index (χ1) is 10.7. The molecule has 11 heteroatoms. The SMILES string of the molecule is NS(=O)(=O)c1ccc(N(CC(F)F)[C@@H]2CCNC2)c([N+](=O)[O-])c1. The summed E-state index contributed by atoms with van der Waals surface area (Å²) in [5, 5.41) is 19.2. The van der Waals surface area contributed by atoms with E-state index in [0.717, 1.165) is 18.2 Å². The lowest BCUT2D eigenvalue weighted by atomic mass is 10.1. The first-order valence-corrected chi connectivity index (χ1v) is 8.31. The Balaban J connectivity index is 2.50. The maximum Gasteiger partial charge on any atom is 0.293 e. The van der Waals surface area contributed by atoms with Gasteiger partial charge in [-0.25, -0.2) is 22.3 Å². The van der Waals surface area contributed by atoms with E-state index in [1.165, 1.54) is 4.90 Å². The van der Waals surface area contributed by atoms with Gasteiger partial charge < -0.3 is 10.2 Å². The Morgan fingerprint density at radius 3 is 2.65 bits per heavy atom. The van der Waals surface area contributed by atoms with Crippen LogP contribution < -0.4 is 15.4 Å². The van der Waals surface area contributed by atoms with E-state index in [1.54, 1.807) is 0 Å². The highest BCUT2D eigenvalue weighted by Gasteiger charge is 2.30. The lowest BCUT2D eigenvalue weighted by Crippen LogP contribution is -2.40. The molecule has 0 bridgehead atoms. The molecule has 128 valence electrons. The van der Waals surface area contributed by atoms with Gasteiger partial charge in [0, 0.05) is 18.7 Å². The van der Waals surface area contributed by atoms with Crippen molar-refractivity contribution in [3.8, 4) is 0 Å². The molecule has 1 aliphatic rings. The molecule has 2 rings (SSSR count). The molecule has 1 atom stereocenters. The number of hydrogen-bond donors (Lipinski definition) is 2. The lowest BCUT2D eigenvalue weighted by molar-refractivity contribution is -0.384. The summed E-state index contributed by atoms with van der Waals surface area (Å²) in [6, 6.07) is 2.70. The molecule has 0 spiro atoms. The largest absolute Gasteiger partial charge is 0.356 e. The number of sulfonamides is 1. The van der Waals surface area contributed by atoms with E-state index >= 15 is 0 Å². The van der Waals surface area contributed by atoms with E-state index in [0.29, 0.717) is 19.5 Å². The number of nitro benzene ring substituents is 1. The van der Waals surface area contributed by atoms with Crippen LogP contribution in [0.2, 0.25) is 0 Å². The van der Waals surface area contributed by atoms with Crippen molar-refractivity contribution < 1.29 is 22.1 Å². The van der Waals surface area contributed by atoms with Crippen molar-refractivity contribution in [2.24, 2.45) is 5.14 Å². The minimum Gasteiger partial charge on any atom is -0.356 e. The summed E-state index contributed by atoms with van der Waals surface area (Å²) in [6.07, 6.45) is -2.13. The summed E-state index contributed by atoms with van der Waals surface area (Å²) in [6.45, 7) is 0.357. The number of nitrogens with two attached hydrogens (primary N) is 1. The molecule has 1 heterocycles. The third kappa shape index (κ3) is 4.12. The summed E-state index contributed by atoms with van der Waals surface area (Å²) in [5.41, 5.74) is -0.611. The molecule has 3 N–H and O–H groups in total. The fourth-order valence-corrected chi connectivity index (χ4v) is 3.10. The number of primary sulfonamides is 1. The molecule has 0 unspecified atom stereocenters. The van der Waals surface area contributed by atoms with E-state index in [2.05, 4.69) is 5.32 Å². The van der Waals surface area contributed by atoms with Crippen LogP contribution in [0.1, 0.15) is 6.42 Å². The van der Waals surface area contributed by atoms with Crippen molar-refractivity contribution in [3.63, 3.8) is 0 Å². The van der Waals surface area contributed by atoms with Gasteiger partial charge in [-0.3, -0.25) is 10.1 Å². The molecular weight excluding hydrogens is 334 g/mol. The molecule has 1 aromatic carbocycles. The maximum absolute atomic E-state index is 12.9. The summed E-state index contributed by atoms with van der Waals surface area (Å²) in [4.78, 5) is 11.3. The third-order valence-corrected chi connectivity index (χ3v) is 4.50. The van der Waals surface area contributed by atoms with Crippen LogP contribution in [0.5, 0.6) is 0 Å². The van der Waals surface area contributed by atoms with Gasteiger partial charge in [0.25, 0.3) is 12.1 Å². The Kier molecular flexibility index (Phi) is 5.12. The monoisotopic (exact) mass is 350 g/mol. The normalized spacial score (nSPS) is 18.3. The van der Waals surface area contributed by atoms with Gasteiger partial charge in [-0.2, -0.15) is 0 Å².